The van der Waals surface area contributed by atoms with Crippen LogP contribution in [-0.4, -0.2) is 11.1 Å². The van der Waals surface area contributed by atoms with Crippen LogP contribution in [0.25, 0.3) is 0 Å². The van der Waals surface area contributed by atoms with E-state index >= 15 is 0 Å². The van der Waals surface area contributed by atoms with Gasteiger partial charge in [-0.1, -0.05) is 17.7 Å². The third kappa shape index (κ3) is 8.99. The van der Waals surface area contributed by atoms with Crippen molar-refractivity contribution in [3.63, 3.8) is 0 Å². The molecule has 0 unspecified atom stereocenters. The van der Waals surface area contributed by atoms with Crippen LogP contribution in [0.5, 0.6) is 0 Å². The van der Waals surface area contributed by atoms with Gasteiger partial charge in [-0.05, 0) is 32.9 Å². The van der Waals surface area contributed by atoms with Gasteiger partial charge in [0.1, 0.15) is 5.82 Å². The van der Waals surface area contributed by atoms with Crippen molar-refractivity contribution < 1.29 is 33.8 Å². The maximum absolute atomic E-state index is 12.2. The van der Waals surface area contributed by atoms with E-state index in [1.807, 2.05) is 0 Å². The van der Waals surface area contributed by atoms with Gasteiger partial charge in [0, 0.05) is 19.5 Å². The van der Waals surface area contributed by atoms with Gasteiger partial charge in [-0.25, -0.2) is 4.39 Å². The van der Waals surface area contributed by atoms with Crippen molar-refractivity contribution >= 4 is 5.97 Å². The quantitative estimate of drug-likeness (QED) is 0.636. The Hall–Kier alpha value is -0.757. The van der Waals surface area contributed by atoms with Crippen molar-refractivity contribution in [2.75, 3.05) is 0 Å². The molecule has 0 saturated carbocycles. The fraction of sp³-hybridized carbons (Fsp3) is 0.385. The monoisotopic (exact) mass is 289 g/mol. The maximum Gasteiger partial charge on any atom is 0.308 e. The van der Waals surface area contributed by atoms with Gasteiger partial charge in [0.15, 0.2) is 0 Å². The molecular weight excluding hydrogens is 273 g/mol. The van der Waals surface area contributed by atoms with Crippen LogP contribution in [0.4, 0.5) is 4.39 Å². The van der Waals surface area contributed by atoms with Crippen LogP contribution >= 0.6 is 0 Å². The first-order valence-corrected chi connectivity index (χ1v) is 5.04. The van der Waals surface area contributed by atoms with Gasteiger partial charge in [0.2, 0.25) is 0 Å². The Morgan fingerprint density at radius 3 is 1.88 bits per heavy atom. The van der Waals surface area contributed by atoms with Gasteiger partial charge in [-0.2, -0.15) is 6.42 Å². The van der Waals surface area contributed by atoms with Crippen LogP contribution in [0.15, 0.2) is 24.3 Å². The number of benzene rings is 1. The molecule has 1 rings (SSSR count). The minimum Gasteiger partial charge on any atom is -0.481 e. The standard InChI is InChI=1S/C8H8F.C5H10O2.Zn/c1-2-7-3-5-8(9)6-4-7;1-5(2,3)4(6)7;/h3-6H,1-2H2;1-3H3,(H,6,7);/q-1;;. The number of hydrogen-bond acceptors (Lipinski definition) is 1. The van der Waals surface area contributed by atoms with Crippen molar-refractivity contribution in [2.45, 2.75) is 27.2 Å². The summed E-state index contributed by atoms with van der Waals surface area (Å²) in [6.07, 6.45) is 0.722. The molecule has 0 heterocycles. The number of rotatable bonds is 1. The smallest absolute Gasteiger partial charge is 0.308 e. The second-order valence-corrected chi connectivity index (χ2v) is 4.43. The first-order chi connectivity index (χ1) is 7.27. The summed E-state index contributed by atoms with van der Waals surface area (Å²) >= 11 is 0. The number of carbonyl (C=O) groups is 1. The molecule has 1 aromatic carbocycles. The van der Waals surface area contributed by atoms with Gasteiger partial charge >= 0.3 is 5.97 Å². The largest absolute Gasteiger partial charge is 0.481 e. The van der Waals surface area contributed by atoms with Gasteiger partial charge in [0.25, 0.3) is 0 Å². The molecule has 0 saturated heterocycles. The van der Waals surface area contributed by atoms with Crippen molar-refractivity contribution in [3.8, 4) is 0 Å². The van der Waals surface area contributed by atoms with Crippen molar-refractivity contribution in [1.29, 1.82) is 0 Å². The van der Waals surface area contributed by atoms with E-state index in [4.69, 9.17) is 5.11 Å². The fourth-order valence-electron chi connectivity index (χ4n) is 0.651. The SMILES string of the molecule is CC(C)(C)C(=O)O.[CH2-]Cc1ccc(F)cc1.[Zn]. The second kappa shape index (κ2) is 8.35. The van der Waals surface area contributed by atoms with E-state index in [1.54, 1.807) is 32.9 Å². The van der Waals surface area contributed by atoms with Crippen LogP contribution in [0.1, 0.15) is 26.3 Å². The van der Waals surface area contributed by atoms with Gasteiger partial charge in [-0.3, -0.25) is 4.79 Å². The summed E-state index contributed by atoms with van der Waals surface area (Å²) in [4.78, 5) is 10.0. The zero-order chi connectivity index (χ0) is 12.8. The first kappa shape index (κ1) is 18.6. The summed E-state index contributed by atoms with van der Waals surface area (Å²) in [5, 5.41) is 8.25. The number of aliphatic carboxylic acids is 1. The van der Waals surface area contributed by atoms with Crippen LogP contribution in [0, 0.1) is 18.2 Å². The Morgan fingerprint density at radius 2 is 1.65 bits per heavy atom. The average molecular weight is 291 g/mol. The molecule has 1 aromatic rings. The van der Waals surface area contributed by atoms with E-state index < -0.39 is 11.4 Å². The first-order valence-electron chi connectivity index (χ1n) is 5.04. The number of hydrogen-bond donors (Lipinski definition) is 1. The van der Waals surface area contributed by atoms with E-state index in [9.17, 15) is 9.18 Å². The molecule has 0 amide bonds. The van der Waals surface area contributed by atoms with Gasteiger partial charge in [0.05, 0.1) is 5.41 Å². The normalized spacial score (nSPS) is 9.71. The molecule has 0 aliphatic carbocycles. The molecule has 0 bridgehead atoms. The number of carboxylic acid groups (broad SMARTS) is 1. The van der Waals surface area contributed by atoms with Crippen LogP contribution in [-0.2, 0) is 30.7 Å². The molecule has 1 N–H and O–H groups in total. The minimum absolute atomic E-state index is 0. The molecule has 0 aliphatic heterocycles. The summed E-state index contributed by atoms with van der Waals surface area (Å²) in [6.45, 7) is 8.65. The fourth-order valence-corrected chi connectivity index (χ4v) is 0.651. The molecular formula is C13H18FO2Zn-. The van der Waals surface area contributed by atoms with Crippen molar-refractivity contribution in [3.05, 3.63) is 42.6 Å². The van der Waals surface area contributed by atoms with Crippen LogP contribution in [0.3, 0.4) is 0 Å². The third-order valence-electron chi connectivity index (χ3n) is 1.84. The van der Waals surface area contributed by atoms with Crippen LogP contribution < -0.4 is 0 Å². The maximum atomic E-state index is 12.2. The van der Waals surface area contributed by atoms with Crippen LogP contribution in [0.2, 0.25) is 0 Å². The Balaban J connectivity index is 0. The molecule has 0 fully saturated rings. The summed E-state index contributed by atoms with van der Waals surface area (Å²) in [5.41, 5.74) is 0.483. The Bertz CT molecular complexity index is 328. The zero-order valence-corrected chi connectivity index (χ0v) is 13.6. The summed E-state index contributed by atoms with van der Waals surface area (Å²) in [5.74, 6) is -0.945. The van der Waals surface area contributed by atoms with Gasteiger partial charge < -0.3 is 12.0 Å². The van der Waals surface area contributed by atoms with Crippen molar-refractivity contribution in [2.24, 2.45) is 5.41 Å². The Labute approximate surface area is 115 Å². The van der Waals surface area contributed by atoms with E-state index in [0.29, 0.717) is 0 Å². The second-order valence-electron chi connectivity index (χ2n) is 4.43. The van der Waals surface area contributed by atoms with E-state index in [-0.39, 0.29) is 25.3 Å². The molecule has 0 radical (unpaired) electrons. The summed E-state index contributed by atoms with van der Waals surface area (Å²) in [7, 11) is 0. The molecule has 0 spiro atoms. The molecule has 92 valence electrons. The predicted molar refractivity (Wildman–Crippen MR) is 62.6 cm³/mol. The molecule has 4 heteroatoms. The topological polar surface area (TPSA) is 37.3 Å². The minimum atomic E-state index is -0.757. The third-order valence-corrected chi connectivity index (χ3v) is 1.84. The number of carboxylic acids is 1. The number of halogens is 1. The Morgan fingerprint density at radius 1 is 1.29 bits per heavy atom. The molecule has 0 atom stereocenters. The summed E-state index contributed by atoms with van der Waals surface area (Å²) in [6, 6.07) is 6.37. The van der Waals surface area contributed by atoms with E-state index in [1.165, 1.54) is 12.1 Å². The molecule has 2 nitrogen and oxygen atoms in total. The van der Waals surface area contributed by atoms with E-state index in [0.717, 1.165) is 12.0 Å². The summed E-state index contributed by atoms with van der Waals surface area (Å²) < 4.78 is 12.2. The Kier molecular flexibility index (Phi) is 9.14. The molecule has 0 aromatic heterocycles. The van der Waals surface area contributed by atoms with Gasteiger partial charge in [-0.15, -0.1) is 0 Å². The predicted octanol–water partition coefficient (Wildman–Crippen LogP) is 3.32. The average Bonchev–Trinajstić information content (AvgIpc) is 2.18. The van der Waals surface area contributed by atoms with Crippen molar-refractivity contribution in [1.82, 2.24) is 0 Å². The zero-order valence-electron chi connectivity index (χ0n) is 10.7. The molecule has 17 heavy (non-hydrogen) atoms. The van der Waals surface area contributed by atoms with E-state index in [2.05, 4.69) is 6.92 Å². The molecule has 0 aliphatic rings.